The second-order valence-electron chi connectivity index (χ2n) is 6.99. The molecule has 0 atom stereocenters. The van der Waals surface area contributed by atoms with Crippen LogP contribution in [0.2, 0.25) is 0 Å². The molecule has 2 aromatic carbocycles. The lowest BCUT2D eigenvalue weighted by Gasteiger charge is -2.30. The van der Waals surface area contributed by atoms with Crippen molar-refractivity contribution in [3.63, 3.8) is 0 Å². The minimum Gasteiger partial charge on any atom is -0.366 e. The van der Waals surface area contributed by atoms with E-state index in [0.717, 1.165) is 0 Å². The minimum absolute atomic E-state index is 0.188. The minimum atomic E-state index is -3.53. The van der Waals surface area contributed by atoms with Crippen LogP contribution in [0.5, 0.6) is 0 Å². The summed E-state index contributed by atoms with van der Waals surface area (Å²) in [5.41, 5.74) is 6.60. The molecule has 3 N–H and O–H groups in total. The Morgan fingerprint density at radius 3 is 2.17 bits per heavy atom. The summed E-state index contributed by atoms with van der Waals surface area (Å²) < 4.78 is 39.5. The molecule has 0 saturated carbocycles. The molecule has 1 aliphatic heterocycles. The molecule has 0 aromatic heterocycles. The third-order valence-corrected chi connectivity index (χ3v) is 6.77. The number of nitrogens with two attached hydrogens (primary N) is 1. The zero-order chi connectivity index (χ0) is 21.0. The molecule has 2 amide bonds. The number of carbonyl (C=O) groups excluding carboxylic acids is 2. The average Bonchev–Trinajstić information content (AvgIpc) is 2.70. The first kappa shape index (κ1) is 20.9. The normalized spacial score (nSPS) is 15.8. The van der Waals surface area contributed by atoms with E-state index in [-0.39, 0.29) is 30.7 Å². The predicted octanol–water partition coefficient (Wildman–Crippen LogP) is 2.11. The number of amides is 2. The molecular weight excluding hydrogens is 397 g/mol. The van der Waals surface area contributed by atoms with Crippen molar-refractivity contribution >= 4 is 27.5 Å². The highest BCUT2D eigenvalue weighted by Crippen LogP contribution is 2.23. The highest BCUT2D eigenvalue weighted by Gasteiger charge is 2.31. The van der Waals surface area contributed by atoms with Gasteiger partial charge in [0.1, 0.15) is 5.82 Å². The Labute approximate surface area is 168 Å². The number of anilines is 1. The van der Waals surface area contributed by atoms with Gasteiger partial charge in [-0.1, -0.05) is 12.1 Å². The van der Waals surface area contributed by atoms with E-state index in [1.165, 1.54) is 40.7 Å². The molecule has 0 radical (unpaired) electrons. The van der Waals surface area contributed by atoms with E-state index in [1.54, 1.807) is 12.1 Å². The van der Waals surface area contributed by atoms with E-state index in [2.05, 4.69) is 5.32 Å². The maximum Gasteiger partial charge on any atom is 0.248 e. The fourth-order valence-electron chi connectivity index (χ4n) is 3.24. The second-order valence-corrected chi connectivity index (χ2v) is 8.96. The summed E-state index contributed by atoms with van der Waals surface area (Å²) in [4.78, 5) is 23.5. The molecule has 9 heteroatoms. The van der Waals surface area contributed by atoms with Crippen LogP contribution in [0.25, 0.3) is 0 Å². The fraction of sp³-hybridized carbons (Fsp3) is 0.300. The first-order valence-corrected chi connectivity index (χ1v) is 10.8. The van der Waals surface area contributed by atoms with Crippen LogP contribution in [0.15, 0.2) is 48.5 Å². The van der Waals surface area contributed by atoms with Crippen LogP contribution in [-0.4, -0.2) is 37.6 Å². The molecule has 1 heterocycles. The van der Waals surface area contributed by atoms with Crippen molar-refractivity contribution in [3.05, 3.63) is 65.5 Å². The van der Waals surface area contributed by atoms with Gasteiger partial charge in [-0.3, -0.25) is 9.59 Å². The fourth-order valence-corrected chi connectivity index (χ4v) is 4.80. The summed E-state index contributed by atoms with van der Waals surface area (Å²) in [5.74, 6) is -1.65. The van der Waals surface area contributed by atoms with Crippen LogP contribution in [0.3, 0.4) is 0 Å². The second kappa shape index (κ2) is 8.71. The van der Waals surface area contributed by atoms with Gasteiger partial charge in [0.05, 0.1) is 5.75 Å². The average molecular weight is 419 g/mol. The van der Waals surface area contributed by atoms with Crippen LogP contribution in [0, 0.1) is 11.7 Å². The summed E-state index contributed by atoms with van der Waals surface area (Å²) >= 11 is 0. The Hall–Kier alpha value is -2.78. The number of hydrogen-bond donors (Lipinski definition) is 2. The van der Waals surface area contributed by atoms with Crippen molar-refractivity contribution in [2.75, 3.05) is 18.4 Å². The van der Waals surface area contributed by atoms with E-state index in [9.17, 15) is 22.4 Å². The first-order chi connectivity index (χ1) is 13.7. The van der Waals surface area contributed by atoms with Crippen molar-refractivity contribution in [1.82, 2.24) is 4.31 Å². The molecule has 29 heavy (non-hydrogen) atoms. The molecule has 1 aliphatic rings. The van der Waals surface area contributed by atoms with Gasteiger partial charge in [-0.15, -0.1) is 0 Å². The number of benzene rings is 2. The van der Waals surface area contributed by atoms with E-state index in [0.29, 0.717) is 29.7 Å². The molecule has 0 spiro atoms. The maximum absolute atomic E-state index is 13.0. The summed E-state index contributed by atoms with van der Waals surface area (Å²) in [6.07, 6.45) is 0.821. The molecule has 2 aromatic rings. The lowest BCUT2D eigenvalue weighted by atomic mass is 9.97. The zero-order valence-corrected chi connectivity index (χ0v) is 16.5. The quantitative estimate of drug-likeness (QED) is 0.747. The number of hydrogen-bond acceptors (Lipinski definition) is 4. The third kappa shape index (κ3) is 5.39. The molecule has 7 nitrogen and oxygen atoms in total. The van der Waals surface area contributed by atoms with Crippen LogP contribution < -0.4 is 11.1 Å². The third-order valence-electron chi connectivity index (χ3n) is 4.92. The standard InChI is InChI=1S/C20H22FN3O4S/c21-17-5-1-14(2-6-17)13-29(27,28)24-11-9-16(10-12-24)20(26)23-18-7-3-15(4-8-18)19(22)25/h1-8,16H,9-13H2,(H2,22,25)(H,23,26). The predicted molar refractivity (Wildman–Crippen MR) is 107 cm³/mol. The smallest absolute Gasteiger partial charge is 0.248 e. The number of rotatable bonds is 6. The Bertz CT molecular complexity index is 983. The number of halogens is 1. The summed E-state index contributed by atoms with van der Waals surface area (Å²) in [5, 5.41) is 2.78. The number of nitrogens with zero attached hydrogens (tertiary/aromatic N) is 1. The van der Waals surface area contributed by atoms with Crippen molar-refractivity contribution in [2.45, 2.75) is 18.6 Å². The summed E-state index contributed by atoms with van der Waals surface area (Å²) in [6, 6.07) is 11.6. The Balaban J connectivity index is 1.54. The number of piperidine rings is 1. The van der Waals surface area contributed by atoms with Crippen molar-refractivity contribution in [1.29, 1.82) is 0 Å². The van der Waals surface area contributed by atoms with Gasteiger partial charge in [0.15, 0.2) is 0 Å². The van der Waals surface area contributed by atoms with Crippen LogP contribution in [0.4, 0.5) is 10.1 Å². The van der Waals surface area contributed by atoms with E-state index >= 15 is 0 Å². The highest BCUT2D eigenvalue weighted by molar-refractivity contribution is 7.88. The first-order valence-electron chi connectivity index (χ1n) is 9.17. The monoisotopic (exact) mass is 419 g/mol. The van der Waals surface area contributed by atoms with Gasteiger partial charge < -0.3 is 11.1 Å². The van der Waals surface area contributed by atoms with Crippen LogP contribution >= 0.6 is 0 Å². The Morgan fingerprint density at radius 1 is 1.03 bits per heavy atom. The topological polar surface area (TPSA) is 110 Å². The van der Waals surface area contributed by atoms with Gasteiger partial charge in [0.2, 0.25) is 21.8 Å². The van der Waals surface area contributed by atoms with E-state index in [1.807, 2.05) is 0 Å². The summed E-state index contributed by atoms with van der Waals surface area (Å²) in [7, 11) is -3.53. The van der Waals surface area contributed by atoms with Crippen molar-refractivity contribution < 1.29 is 22.4 Å². The van der Waals surface area contributed by atoms with Gasteiger partial charge in [-0.2, -0.15) is 0 Å². The number of sulfonamides is 1. The number of nitrogens with one attached hydrogen (secondary N) is 1. The molecule has 3 rings (SSSR count). The largest absolute Gasteiger partial charge is 0.366 e. The molecule has 0 bridgehead atoms. The van der Waals surface area contributed by atoms with Crippen LogP contribution in [0.1, 0.15) is 28.8 Å². The van der Waals surface area contributed by atoms with Gasteiger partial charge in [-0.25, -0.2) is 17.1 Å². The number of primary amides is 1. The Kier molecular flexibility index (Phi) is 6.29. The van der Waals surface area contributed by atoms with Crippen molar-refractivity contribution in [3.8, 4) is 0 Å². The van der Waals surface area contributed by atoms with Crippen LogP contribution in [-0.2, 0) is 20.6 Å². The number of carbonyl (C=O) groups is 2. The molecular formula is C20H22FN3O4S. The van der Waals surface area contributed by atoms with Crippen molar-refractivity contribution in [2.24, 2.45) is 11.7 Å². The van der Waals surface area contributed by atoms with Gasteiger partial charge in [0.25, 0.3) is 0 Å². The SMILES string of the molecule is NC(=O)c1ccc(NC(=O)C2CCN(S(=O)(=O)Cc3ccc(F)cc3)CC2)cc1. The van der Waals surface area contributed by atoms with Gasteiger partial charge >= 0.3 is 0 Å². The lowest BCUT2D eigenvalue weighted by molar-refractivity contribution is -0.120. The zero-order valence-electron chi connectivity index (χ0n) is 15.7. The molecule has 0 unspecified atom stereocenters. The lowest BCUT2D eigenvalue weighted by Crippen LogP contribution is -2.41. The van der Waals surface area contributed by atoms with E-state index in [4.69, 9.17) is 5.73 Å². The molecule has 0 aliphatic carbocycles. The molecule has 154 valence electrons. The highest BCUT2D eigenvalue weighted by atomic mass is 32.2. The van der Waals surface area contributed by atoms with Gasteiger partial charge in [0, 0.05) is 30.3 Å². The molecule has 1 saturated heterocycles. The van der Waals surface area contributed by atoms with Gasteiger partial charge in [-0.05, 0) is 54.8 Å². The Morgan fingerprint density at radius 2 is 1.62 bits per heavy atom. The van der Waals surface area contributed by atoms with E-state index < -0.39 is 21.7 Å². The maximum atomic E-state index is 13.0. The molecule has 1 fully saturated rings. The summed E-state index contributed by atoms with van der Waals surface area (Å²) in [6.45, 7) is 0.504.